The number of rotatable bonds is 6. The molecule has 2 heterocycles. The minimum absolute atomic E-state index is 0.126. The molecule has 6 heteroatoms. The standard InChI is InChI=1S/C25H29N5O/c1-17-21(18(2)30-25(26-17)22-8-6-7-9-23(22)27-30)14-15-24(31)29(5)16-19-10-12-20(13-11-19)28(3)4/h6-13H,14-16H2,1-5H3. The molecule has 31 heavy (non-hydrogen) atoms. The second-order valence-electron chi connectivity index (χ2n) is 8.32. The van der Waals surface area contributed by atoms with Gasteiger partial charge in [-0.1, -0.05) is 24.3 Å². The summed E-state index contributed by atoms with van der Waals surface area (Å²) in [4.78, 5) is 21.5. The number of carbonyl (C=O) groups excluding carboxylic acids is 1. The highest BCUT2D eigenvalue weighted by molar-refractivity contribution is 5.92. The third kappa shape index (κ3) is 4.10. The van der Waals surface area contributed by atoms with Crippen LogP contribution in [-0.2, 0) is 17.8 Å². The Kier molecular flexibility index (Phi) is 5.63. The first kappa shape index (κ1) is 20.8. The molecule has 0 atom stereocenters. The molecule has 4 aromatic rings. The van der Waals surface area contributed by atoms with E-state index in [0.717, 1.165) is 44.8 Å². The Morgan fingerprint density at radius 2 is 1.71 bits per heavy atom. The molecule has 0 saturated carbocycles. The van der Waals surface area contributed by atoms with Gasteiger partial charge in [-0.3, -0.25) is 4.79 Å². The van der Waals surface area contributed by atoms with Crippen LogP contribution in [0.25, 0.3) is 16.6 Å². The Morgan fingerprint density at radius 1 is 1.00 bits per heavy atom. The van der Waals surface area contributed by atoms with Crippen molar-refractivity contribution in [1.29, 1.82) is 0 Å². The molecule has 0 bridgehead atoms. The zero-order valence-corrected chi connectivity index (χ0v) is 18.9. The van der Waals surface area contributed by atoms with Gasteiger partial charge in [-0.2, -0.15) is 5.10 Å². The maximum Gasteiger partial charge on any atom is 0.222 e. The minimum atomic E-state index is 0.126. The average molecular weight is 416 g/mol. The molecule has 0 aliphatic rings. The molecule has 2 aromatic heterocycles. The molecule has 0 radical (unpaired) electrons. The second kappa shape index (κ2) is 8.38. The highest BCUT2D eigenvalue weighted by Crippen LogP contribution is 2.23. The normalized spacial score (nSPS) is 11.3. The van der Waals surface area contributed by atoms with Crippen LogP contribution in [0.1, 0.15) is 28.9 Å². The van der Waals surface area contributed by atoms with Crippen molar-refractivity contribution in [1.82, 2.24) is 19.5 Å². The highest BCUT2D eigenvalue weighted by atomic mass is 16.2. The summed E-state index contributed by atoms with van der Waals surface area (Å²) in [5.41, 5.74) is 7.19. The largest absolute Gasteiger partial charge is 0.378 e. The van der Waals surface area contributed by atoms with Gasteiger partial charge >= 0.3 is 0 Å². The molecular weight excluding hydrogens is 386 g/mol. The lowest BCUT2D eigenvalue weighted by molar-refractivity contribution is -0.130. The number of hydrogen-bond acceptors (Lipinski definition) is 4. The van der Waals surface area contributed by atoms with Gasteiger partial charge in [-0.05, 0) is 55.7 Å². The van der Waals surface area contributed by atoms with Crippen molar-refractivity contribution >= 4 is 28.1 Å². The molecule has 4 rings (SSSR count). The molecule has 6 nitrogen and oxygen atoms in total. The molecule has 1 amide bonds. The number of aryl methyl sites for hydroxylation is 2. The van der Waals surface area contributed by atoms with Crippen molar-refractivity contribution in [2.24, 2.45) is 0 Å². The number of benzene rings is 2. The van der Waals surface area contributed by atoms with Gasteiger partial charge in [0.05, 0.1) is 5.52 Å². The molecule has 0 aliphatic heterocycles. The van der Waals surface area contributed by atoms with Crippen LogP contribution in [0.2, 0.25) is 0 Å². The molecule has 0 fully saturated rings. The molecule has 0 N–H and O–H groups in total. The van der Waals surface area contributed by atoms with Crippen LogP contribution in [0.4, 0.5) is 5.69 Å². The minimum Gasteiger partial charge on any atom is -0.378 e. The number of nitrogens with zero attached hydrogens (tertiary/aromatic N) is 5. The number of hydrogen-bond donors (Lipinski definition) is 0. The van der Waals surface area contributed by atoms with Crippen LogP contribution in [0, 0.1) is 13.8 Å². The molecule has 0 saturated heterocycles. The maximum absolute atomic E-state index is 12.8. The topological polar surface area (TPSA) is 53.7 Å². The molecule has 0 spiro atoms. The Morgan fingerprint density at radius 3 is 2.42 bits per heavy atom. The quantitative estimate of drug-likeness (QED) is 0.475. The molecular formula is C25H29N5O. The Balaban J connectivity index is 1.47. The zero-order chi connectivity index (χ0) is 22.1. The summed E-state index contributed by atoms with van der Waals surface area (Å²) in [5.74, 6) is 0.126. The van der Waals surface area contributed by atoms with Gasteiger partial charge in [-0.15, -0.1) is 0 Å². The lowest BCUT2D eigenvalue weighted by Gasteiger charge is -2.19. The summed E-state index contributed by atoms with van der Waals surface area (Å²) in [6.45, 7) is 4.68. The van der Waals surface area contributed by atoms with Gasteiger partial charge in [-0.25, -0.2) is 9.50 Å². The van der Waals surface area contributed by atoms with Gasteiger partial charge in [0.15, 0.2) is 5.65 Å². The predicted molar refractivity (Wildman–Crippen MR) is 126 cm³/mol. The lowest BCUT2D eigenvalue weighted by atomic mass is 10.1. The zero-order valence-electron chi connectivity index (χ0n) is 18.9. The van der Waals surface area contributed by atoms with E-state index in [9.17, 15) is 4.79 Å². The van der Waals surface area contributed by atoms with E-state index in [1.54, 1.807) is 4.90 Å². The smallest absolute Gasteiger partial charge is 0.222 e. The predicted octanol–water partition coefficient (Wildman–Crippen LogP) is 4.16. The summed E-state index contributed by atoms with van der Waals surface area (Å²) < 4.78 is 1.91. The van der Waals surface area contributed by atoms with E-state index in [1.165, 1.54) is 0 Å². The van der Waals surface area contributed by atoms with Gasteiger partial charge < -0.3 is 9.80 Å². The first-order valence-electron chi connectivity index (χ1n) is 10.6. The summed E-state index contributed by atoms with van der Waals surface area (Å²) in [5, 5.41) is 5.76. The Labute approximate surface area is 183 Å². The van der Waals surface area contributed by atoms with E-state index < -0.39 is 0 Å². The number of fused-ring (bicyclic) bond motifs is 3. The average Bonchev–Trinajstić information content (AvgIpc) is 3.12. The third-order valence-electron chi connectivity index (χ3n) is 5.91. The van der Waals surface area contributed by atoms with Crippen LogP contribution >= 0.6 is 0 Å². The van der Waals surface area contributed by atoms with Crippen LogP contribution < -0.4 is 4.90 Å². The number of anilines is 1. The van der Waals surface area contributed by atoms with Crippen molar-refractivity contribution < 1.29 is 4.79 Å². The maximum atomic E-state index is 12.8. The summed E-state index contributed by atoms with van der Waals surface area (Å²) in [6, 6.07) is 16.4. The van der Waals surface area contributed by atoms with E-state index in [4.69, 9.17) is 10.1 Å². The molecule has 0 unspecified atom stereocenters. The third-order valence-corrected chi connectivity index (χ3v) is 5.91. The van der Waals surface area contributed by atoms with E-state index in [1.807, 2.05) is 56.8 Å². The number of carbonyl (C=O) groups is 1. The lowest BCUT2D eigenvalue weighted by Crippen LogP contribution is -2.26. The summed E-state index contributed by atoms with van der Waals surface area (Å²) in [7, 11) is 5.91. The van der Waals surface area contributed by atoms with Gasteiger partial charge in [0.2, 0.25) is 5.91 Å². The van der Waals surface area contributed by atoms with Crippen molar-refractivity contribution in [2.75, 3.05) is 26.0 Å². The van der Waals surface area contributed by atoms with Crippen molar-refractivity contribution in [3.05, 3.63) is 71.0 Å². The summed E-state index contributed by atoms with van der Waals surface area (Å²) >= 11 is 0. The van der Waals surface area contributed by atoms with Crippen LogP contribution in [0.5, 0.6) is 0 Å². The van der Waals surface area contributed by atoms with Gasteiger partial charge in [0.25, 0.3) is 0 Å². The molecule has 160 valence electrons. The molecule has 0 aliphatic carbocycles. The van der Waals surface area contributed by atoms with E-state index in [0.29, 0.717) is 19.4 Å². The van der Waals surface area contributed by atoms with Crippen molar-refractivity contribution in [3.8, 4) is 0 Å². The van der Waals surface area contributed by atoms with Crippen molar-refractivity contribution in [2.45, 2.75) is 33.2 Å². The SMILES string of the molecule is Cc1nc2c3ccccc3nn2c(C)c1CCC(=O)N(C)Cc1ccc(N(C)C)cc1. The van der Waals surface area contributed by atoms with E-state index >= 15 is 0 Å². The first-order chi connectivity index (χ1) is 14.8. The second-order valence-corrected chi connectivity index (χ2v) is 8.32. The van der Waals surface area contributed by atoms with E-state index in [-0.39, 0.29) is 5.91 Å². The van der Waals surface area contributed by atoms with Crippen molar-refractivity contribution in [3.63, 3.8) is 0 Å². The van der Waals surface area contributed by atoms with E-state index in [2.05, 4.69) is 36.1 Å². The van der Waals surface area contributed by atoms with Crippen LogP contribution in [0.3, 0.4) is 0 Å². The fourth-order valence-electron chi connectivity index (χ4n) is 4.02. The summed E-state index contributed by atoms with van der Waals surface area (Å²) in [6.07, 6.45) is 1.10. The Hall–Kier alpha value is -3.41. The van der Waals surface area contributed by atoms with Crippen LogP contribution in [-0.4, -0.2) is 46.5 Å². The van der Waals surface area contributed by atoms with Crippen LogP contribution in [0.15, 0.2) is 48.5 Å². The fourth-order valence-corrected chi connectivity index (χ4v) is 4.02. The van der Waals surface area contributed by atoms with Gasteiger partial charge in [0, 0.05) is 56.6 Å². The molecule has 2 aromatic carbocycles. The number of aromatic nitrogens is 3. The highest BCUT2D eigenvalue weighted by Gasteiger charge is 2.16. The Bertz CT molecular complexity index is 1240. The monoisotopic (exact) mass is 415 g/mol. The van der Waals surface area contributed by atoms with Gasteiger partial charge in [0.1, 0.15) is 0 Å². The first-order valence-corrected chi connectivity index (χ1v) is 10.6. The fraction of sp³-hybridized carbons (Fsp3) is 0.320. The number of amides is 1.